The second-order valence-electron chi connectivity index (χ2n) is 5.54. The third kappa shape index (κ3) is 3.90. The van der Waals surface area contributed by atoms with Crippen molar-refractivity contribution < 1.29 is 13.3 Å². The summed E-state index contributed by atoms with van der Waals surface area (Å²) in [5.41, 5.74) is 1.28. The molecular formula is C15H15BrN4O4S. The molecule has 1 aliphatic heterocycles. The predicted molar refractivity (Wildman–Crippen MR) is 98.1 cm³/mol. The maximum absolute atomic E-state index is 12.0. The fourth-order valence-corrected chi connectivity index (χ4v) is 4.52. The van der Waals surface area contributed by atoms with Crippen LogP contribution in [0.25, 0.3) is 0 Å². The third-order valence-electron chi connectivity index (χ3n) is 3.79. The Balaban J connectivity index is 1.79. The van der Waals surface area contributed by atoms with Crippen molar-refractivity contribution in [3.05, 3.63) is 56.7 Å². The Bertz CT molecular complexity index is 919. The van der Waals surface area contributed by atoms with Crippen molar-refractivity contribution in [2.24, 2.45) is 0 Å². The van der Waals surface area contributed by atoms with Crippen LogP contribution in [0.3, 0.4) is 0 Å². The van der Waals surface area contributed by atoms with Gasteiger partial charge in [0.05, 0.1) is 16.4 Å². The van der Waals surface area contributed by atoms with Crippen molar-refractivity contribution in [2.75, 3.05) is 21.9 Å². The van der Waals surface area contributed by atoms with Gasteiger partial charge in [0.25, 0.3) is 0 Å². The molecule has 0 saturated carbocycles. The van der Waals surface area contributed by atoms with E-state index >= 15 is 0 Å². The Morgan fingerprint density at radius 2 is 2.16 bits per heavy atom. The summed E-state index contributed by atoms with van der Waals surface area (Å²) in [6.45, 7) is 0.760. The van der Waals surface area contributed by atoms with Crippen LogP contribution in [0.4, 0.5) is 17.2 Å². The molecular weight excluding hydrogens is 412 g/mol. The number of nitrogens with one attached hydrogen (secondary N) is 1. The minimum absolute atomic E-state index is 0.132. The van der Waals surface area contributed by atoms with E-state index in [1.807, 2.05) is 6.07 Å². The summed E-state index contributed by atoms with van der Waals surface area (Å²) in [6, 6.07) is 8.48. The Morgan fingerprint density at radius 1 is 1.36 bits per heavy atom. The first-order chi connectivity index (χ1) is 11.9. The van der Waals surface area contributed by atoms with E-state index in [2.05, 4.69) is 26.2 Å². The molecule has 1 aliphatic rings. The van der Waals surface area contributed by atoms with Crippen molar-refractivity contribution in [3.8, 4) is 0 Å². The number of benzene rings is 1. The fourth-order valence-electron chi connectivity index (χ4n) is 2.64. The molecule has 0 atom stereocenters. The van der Waals surface area contributed by atoms with E-state index in [9.17, 15) is 18.5 Å². The number of nitrogens with zero attached hydrogens (tertiary/aromatic N) is 3. The molecule has 3 rings (SSSR count). The van der Waals surface area contributed by atoms with Gasteiger partial charge in [-0.1, -0.05) is 12.1 Å². The lowest BCUT2D eigenvalue weighted by molar-refractivity contribution is -0.384. The first-order valence-electron chi connectivity index (χ1n) is 7.50. The molecule has 0 bridgehead atoms. The monoisotopic (exact) mass is 426 g/mol. The van der Waals surface area contributed by atoms with Crippen LogP contribution in [-0.2, 0) is 16.6 Å². The van der Waals surface area contributed by atoms with Gasteiger partial charge in [-0.15, -0.1) is 0 Å². The van der Waals surface area contributed by atoms with Crippen molar-refractivity contribution in [3.63, 3.8) is 0 Å². The average molecular weight is 427 g/mol. The molecule has 8 nitrogen and oxygen atoms in total. The number of hydrogen-bond donors (Lipinski definition) is 1. The fraction of sp³-hybridized carbons (Fsp3) is 0.267. The number of rotatable bonds is 5. The largest absolute Gasteiger partial charge is 0.360 e. The molecule has 1 aromatic heterocycles. The minimum Gasteiger partial charge on any atom is -0.360 e. The Hall–Kier alpha value is -2.20. The topological polar surface area (TPSA) is 105 Å². The number of nitro groups is 1. The highest BCUT2D eigenvalue weighted by Crippen LogP contribution is 2.27. The lowest BCUT2D eigenvalue weighted by Gasteiger charge is -2.17. The van der Waals surface area contributed by atoms with Crippen LogP contribution in [0.2, 0.25) is 0 Å². The molecule has 1 aromatic carbocycles. The second kappa shape index (κ2) is 6.96. The van der Waals surface area contributed by atoms with Gasteiger partial charge in [0.2, 0.25) is 15.8 Å². The second-order valence-corrected chi connectivity index (χ2v) is 8.47. The number of hydrogen-bond acceptors (Lipinski definition) is 6. The smallest absolute Gasteiger partial charge is 0.312 e. The van der Waals surface area contributed by atoms with Crippen LogP contribution in [0.5, 0.6) is 0 Å². The van der Waals surface area contributed by atoms with Crippen LogP contribution in [0.15, 0.2) is 41.0 Å². The van der Waals surface area contributed by atoms with Gasteiger partial charge in [-0.25, -0.2) is 13.4 Å². The lowest BCUT2D eigenvalue weighted by atomic mass is 10.2. The number of aromatic nitrogens is 1. The van der Waals surface area contributed by atoms with Gasteiger partial charge in [-0.05, 0) is 40.0 Å². The summed E-state index contributed by atoms with van der Waals surface area (Å²) >= 11 is 3.16. The molecule has 0 unspecified atom stereocenters. The summed E-state index contributed by atoms with van der Waals surface area (Å²) in [6.07, 6.45) is 2.09. The number of anilines is 2. The van der Waals surface area contributed by atoms with E-state index in [0.29, 0.717) is 23.1 Å². The zero-order chi connectivity index (χ0) is 18.0. The first kappa shape index (κ1) is 17.6. The number of pyridine rings is 1. The van der Waals surface area contributed by atoms with Gasteiger partial charge >= 0.3 is 5.69 Å². The van der Waals surface area contributed by atoms with E-state index in [0.717, 1.165) is 5.56 Å². The molecule has 1 N–H and O–H groups in total. The highest BCUT2D eigenvalue weighted by atomic mass is 79.9. The highest BCUT2D eigenvalue weighted by Gasteiger charge is 2.28. The molecule has 2 aromatic rings. The normalized spacial score (nSPS) is 16.0. The van der Waals surface area contributed by atoms with Gasteiger partial charge in [0, 0.05) is 29.8 Å². The van der Waals surface area contributed by atoms with Crippen LogP contribution < -0.4 is 9.62 Å². The van der Waals surface area contributed by atoms with E-state index in [4.69, 9.17) is 0 Å². The molecule has 10 heteroatoms. The van der Waals surface area contributed by atoms with E-state index in [-0.39, 0.29) is 23.8 Å². The number of halogens is 1. The third-order valence-corrected chi connectivity index (χ3v) is 6.09. The van der Waals surface area contributed by atoms with Gasteiger partial charge < -0.3 is 5.32 Å². The highest BCUT2D eigenvalue weighted by molar-refractivity contribution is 9.10. The van der Waals surface area contributed by atoms with Crippen molar-refractivity contribution in [1.82, 2.24) is 4.98 Å². The van der Waals surface area contributed by atoms with Crippen LogP contribution in [-0.4, -0.2) is 30.6 Å². The maximum atomic E-state index is 12.0. The van der Waals surface area contributed by atoms with Gasteiger partial charge in [-0.3, -0.25) is 14.4 Å². The van der Waals surface area contributed by atoms with Crippen LogP contribution >= 0.6 is 15.9 Å². The Labute approximate surface area is 153 Å². The maximum Gasteiger partial charge on any atom is 0.312 e. The number of sulfonamides is 1. The molecule has 0 amide bonds. The molecule has 1 saturated heterocycles. The van der Waals surface area contributed by atoms with Gasteiger partial charge in [-0.2, -0.15) is 0 Å². The minimum atomic E-state index is -3.24. The summed E-state index contributed by atoms with van der Waals surface area (Å²) in [5, 5.41) is 14.1. The molecule has 0 aliphatic carbocycles. The van der Waals surface area contributed by atoms with Gasteiger partial charge in [0.1, 0.15) is 0 Å². The molecule has 132 valence electrons. The molecule has 25 heavy (non-hydrogen) atoms. The molecule has 1 fully saturated rings. The summed E-state index contributed by atoms with van der Waals surface area (Å²) in [7, 11) is -3.24. The van der Waals surface area contributed by atoms with E-state index in [1.165, 1.54) is 16.6 Å². The molecule has 0 radical (unpaired) electrons. The van der Waals surface area contributed by atoms with Crippen LogP contribution in [0.1, 0.15) is 12.0 Å². The molecule has 2 heterocycles. The zero-order valence-electron chi connectivity index (χ0n) is 13.1. The van der Waals surface area contributed by atoms with Gasteiger partial charge in [0.15, 0.2) is 0 Å². The zero-order valence-corrected chi connectivity index (χ0v) is 15.5. The quantitative estimate of drug-likeness (QED) is 0.581. The average Bonchev–Trinajstić information content (AvgIpc) is 2.93. The van der Waals surface area contributed by atoms with Crippen molar-refractivity contribution >= 4 is 43.1 Å². The Morgan fingerprint density at radius 3 is 2.84 bits per heavy atom. The summed E-state index contributed by atoms with van der Waals surface area (Å²) in [5.74, 6) is 0.317. The Kier molecular flexibility index (Phi) is 4.91. The summed E-state index contributed by atoms with van der Waals surface area (Å²) < 4.78 is 26.0. The predicted octanol–water partition coefficient (Wildman–Crippen LogP) is 2.90. The summed E-state index contributed by atoms with van der Waals surface area (Å²) in [4.78, 5) is 14.6. The molecule has 0 spiro atoms. The first-order valence-corrected chi connectivity index (χ1v) is 9.90. The van der Waals surface area contributed by atoms with E-state index in [1.54, 1.807) is 18.2 Å². The van der Waals surface area contributed by atoms with Crippen molar-refractivity contribution in [1.29, 1.82) is 0 Å². The van der Waals surface area contributed by atoms with Crippen molar-refractivity contribution in [2.45, 2.75) is 13.0 Å². The SMILES string of the molecule is O=[N+]([O-])c1cc(Br)cnc1NCc1cccc(N2CCCS2(=O)=O)c1. The lowest BCUT2D eigenvalue weighted by Crippen LogP contribution is -2.25. The van der Waals surface area contributed by atoms with E-state index < -0.39 is 14.9 Å². The standard InChI is InChI=1S/C15H15BrN4O4S/c16-12-8-14(20(21)22)15(18-10-12)17-9-11-3-1-4-13(7-11)19-5-2-6-25(19,23)24/h1,3-4,7-8,10H,2,5-6,9H2,(H,17,18). The van der Waals surface area contributed by atoms with Crippen LogP contribution in [0, 0.1) is 10.1 Å².